The van der Waals surface area contributed by atoms with Crippen LogP contribution in [0, 0.1) is 17.1 Å². The predicted octanol–water partition coefficient (Wildman–Crippen LogP) is 4.44. The summed E-state index contributed by atoms with van der Waals surface area (Å²) >= 11 is 7.10. The number of hydrogen-bond donors (Lipinski definition) is 1. The summed E-state index contributed by atoms with van der Waals surface area (Å²) in [6.07, 6.45) is 1.66. The van der Waals surface area contributed by atoms with Crippen LogP contribution in [0.1, 0.15) is 11.4 Å². The van der Waals surface area contributed by atoms with Gasteiger partial charge >= 0.3 is 0 Å². The second-order valence-electron chi connectivity index (χ2n) is 6.16. The lowest BCUT2D eigenvalue weighted by molar-refractivity contribution is -0.113. The molecule has 158 valence electrons. The molecule has 0 fully saturated rings. The van der Waals surface area contributed by atoms with Crippen molar-refractivity contribution in [2.45, 2.75) is 18.3 Å². The minimum atomic E-state index is -0.471. The number of halogens is 2. The molecule has 0 atom stereocenters. The normalized spacial score (nSPS) is 10.4. The molecule has 10 heteroatoms. The Morgan fingerprint density at radius 1 is 1.35 bits per heavy atom. The Kier molecular flexibility index (Phi) is 7.65. The number of nitrogens with one attached hydrogen (secondary N) is 1. The highest BCUT2D eigenvalue weighted by atomic mass is 35.5. The molecule has 7 nitrogen and oxygen atoms in total. The van der Waals surface area contributed by atoms with Crippen LogP contribution in [0.25, 0.3) is 0 Å². The summed E-state index contributed by atoms with van der Waals surface area (Å²) in [5.41, 5.74) is 0.650. The monoisotopic (exact) mass is 457 g/mol. The minimum absolute atomic E-state index is 0.00255. The number of ether oxygens (including phenoxy) is 1. The summed E-state index contributed by atoms with van der Waals surface area (Å²) < 4.78 is 21.0. The number of carbonyl (C=O) groups is 1. The van der Waals surface area contributed by atoms with Crippen molar-refractivity contribution in [2.75, 3.05) is 11.1 Å². The quantitative estimate of drug-likeness (QED) is 0.377. The van der Waals surface area contributed by atoms with Crippen molar-refractivity contribution >= 4 is 35.0 Å². The molecule has 3 rings (SSSR count). The third-order valence-electron chi connectivity index (χ3n) is 4.01. The number of para-hydroxylation sites is 1. The van der Waals surface area contributed by atoms with Crippen LogP contribution in [-0.4, -0.2) is 26.4 Å². The van der Waals surface area contributed by atoms with Crippen molar-refractivity contribution in [3.63, 3.8) is 0 Å². The lowest BCUT2D eigenvalue weighted by Crippen LogP contribution is -2.16. The van der Waals surface area contributed by atoms with E-state index in [2.05, 4.69) is 22.1 Å². The van der Waals surface area contributed by atoms with Crippen LogP contribution in [0.4, 0.5) is 10.1 Å². The van der Waals surface area contributed by atoms with Gasteiger partial charge in [0.15, 0.2) is 22.5 Å². The van der Waals surface area contributed by atoms with Gasteiger partial charge < -0.3 is 10.1 Å². The molecule has 1 amide bonds. The molecule has 0 bridgehead atoms. The average molecular weight is 458 g/mol. The number of hydrogen-bond acceptors (Lipinski definition) is 6. The highest BCUT2D eigenvalue weighted by Gasteiger charge is 2.15. The summed E-state index contributed by atoms with van der Waals surface area (Å²) in [6, 6.07) is 12.7. The van der Waals surface area contributed by atoms with Crippen molar-refractivity contribution in [2.24, 2.45) is 0 Å². The highest BCUT2D eigenvalue weighted by molar-refractivity contribution is 7.99. The Bertz CT molecular complexity index is 1150. The molecule has 0 radical (unpaired) electrons. The Morgan fingerprint density at radius 3 is 2.90 bits per heavy atom. The van der Waals surface area contributed by atoms with E-state index in [4.69, 9.17) is 21.6 Å². The second kappa shape index (κ2) is 10.6. The van der Waals surface area contributed by atoms with Crippen LogP contribution < -0.4 is 10.1 Å². The first-order chi connectivity index (χ1) is 15.0. The number of carbonyl (C=O) groups excluding carboxylic acids is 1. The van der Waals surface area contributed by atoms with E-state index >= 15 is 0 Å². The van der Waals surface area contributed by atoms with Crippen LogP contribution in [0.3, 0.4) is 0 Å². The molecule has 1 aromatic heterocycles. The first-order valence-corrected chi connectivity index (χ1v) is 10.4. The van der Waals surface area contributed by atoms with Crippen LogP contribution in [0.2, 0.25) is 5.02 Å². The SMILES string of the molecule is C=CCn1c(COc2ccccc2F)nnc1SCC(=O)Nc1cc(Cl)ccc1C#N. The van der Waals surface area contributed by atoms with Gasteiger partial charge in [-0.15, -0.1) is 16.8 Å². The Labute approximate surface area is 187 Å². The minimum Gasteiger partial charge on any atom is -0.483 e. The van der Waals surface area contributed by atoms with Crippen molar-refractivity contribution in [1.82, 2.24) is 14.8 Å². The van der Waals surface area contributed by atoms with E-state index in [0.29, 0.717) is 33.8 Å². The van der Waals surface area contributed by atoms with Crippen LogP contribution in [0.5, 0.6) is 5.75 Å². The maximum Gasteiger partial charge on any atom is 0.234 e. The molecule has 1 N–H and O–H groups in total. The molecule has 1 heterocycles. The summed E-state index contributed by atoms with van der Waals surface area (Å²) in [5.74, 6) is -0.199. The van der Waals surface area contributed by atoms with Gasteiger partial charge in [0.2, 0.25) is 5.91 Å². The number of thioether (sulfide) groups is 1. The number of rotatable bonds is 9. The lowest BCUT2D eigenvalue weighted by atomic mass is 10.2. The Morgan fingerprint density at radius 2 is 2.16 bits per heavy atom. The van der Waals surface area contributed by atoms with Gasteiger partial charge in [-0.1, -0.05) is 41.6 Å². The fourth-order valence-corrected chi connectivity index (χ4v) is 3.52. The van der Waals surface area contributed by atoms with Crippen molar-refractivity contribution < 1.29 is 13.9 Å². The van der Waals surface area contributed by atoms with E-state index in [1.165, 1.54) is 24.3 Å². The number of benzene rings is 2. The van der Waals surface area contributed by atoms with E-state index in [9.17, 15) is 9.18 Å². The summed E-state index contributed by atoms with van der Waals surface area (Å²) in [6.45, 7) is 4.11. The molecular weight excluding hydrogens is 441 g/mol. The van der Waals surface area contributed by atoms with Gasteiger partial charge in [-0.3, -0.25) is 9.36 Å². The zero-order chi connectivity index (χ0) is 22.2. The molecule has 0 spiro atoms. The van der Waals surface area contributed by atoms with Crippen LogP contribution >= 0.6 is 23.4 Å². The smallest absolute Gasteiger partial charge is 0.234 e. The van der Waals surface area contributed by atoms with Gasteiger partial charge in [0, 0.05) is 11.6 Å². The van der Waals surface area contributed by atoms with Gasteiger partial charge in [-0.25, -0.2) is 4.39 Å². The van der Waals surface area contributed by atoms with Crippen molar-refractivity contribution in [3.8, 4) is 11.8 Å². The third kappa shape index (κ3) is 5.84. The maximum atomic E-state index is 13.8. The fraction of sp³-hybridized carbons (Fsp3) is 0.143. The maximum absolute atomic E-state index is 13.8. The third-order valence-corrected chi connectivity index (χ3v) is 5.21. The Hall–Kier alpha value is -3.35. The van der Waals surface area contributed by atoms with Crippen LogP contribution in [0.15, 0.2) is 60.3 Å². The molecular formula is C21H17ClFN5O2S. The second-order valence-corrected chi connectivity index (χ2v) is 7.53. The first-order valence-electron chi connectivity index (χ1n) is 9.04. The van der Waals surface area contributed by atoms with E-state index in [1.807, 2.05) is 6.07 Å². The summed E-state index contributed by atoms with van der Waals surface area (Å²) in [4.78, 5) is 12.4. The van der Waals surface area contributed by atoms with Gasteiger partial charge in [0.1, 0.15) is 12.7 Å². The summed E-state index contributed by atoms with van der Waals surface area (Å²) in [5, 5.41) is 20.9. The van der Waals surface area contributed by atoms with E-state index < -0.39 is 5.82 Å². The molecule has 0 aliphatic carbocycles. The van der Waals surface area contributed by atoms with E-state index in [0.717, 1.165) is 11.8 Å². The Balaban J connectivity index is 1.65. The molecule has 0 saturated heterocycles. The zero-order valence-corrected chi connectivity index (χ0v) is 17.8. The summed E-state index contributed by atoms with van der Waals surface area (Å²) in [7, 11) is 0. The number of allylic oxidation sites excluding steroid dienone is 1. The average Bonchev–Trinajstić information content (AvgIpc) is 3.14. The number of anilines is 1. The molecule has 2 aromatic carbocycles. The largest absolute Gasteiger partial charge is 0.483 e. The molecule has 3 aromatic rings. The lowest BCUT2D eigenvalue weighted by Gasteiger charge is -2.10. The molecule has 31 heavy (non-hydrogen) atoms. The van der Waals surface area contributed by atoms with Crippen molar-refractivity contribution in [1.29, 1.82) is 5.26 Å². The first kappa shape index (κ1) is 22.3. The molecule has 0 saturated carbocycles. The van der Waals surface area contributed by atoms with Gasteiger partial charge in [0.05, 0.1) is 17.0 Å². The standard InChI is InChI=1S/C21H17ClFN5O2S/c1-2-9-28-19(12-30-18-6-4-3-5-16(18)23)26-27-21(28)31-13-20(29)25-17-10-15(22)8-7-14(17)11-24/h2-8,10H,1,9,12-13H2,(H,25,29). The molecule has 0 aliphatic heterocycles. The fourth-order valence-electron chi connectivity index (χ4n) is 2.58. The van der Waals surface area contributed by atoms with Gasteiger partial charge in [-0.2, -0.15) is 5.26 Å². The molecule has 0 unspecified atom stereocenters. The van der Waals surface area contributed by atoms with Gasteiger partial charge in [0.25, 0.3) is 0 Å². The van der Waals surface area contributed by atoms with Crippen molar-refractivity contribution in [3.05, 3.63) is 77.3 Å². The highest BCUT2D eigenvalue weighted by Crippen LogP contribution is 2.23. The number of aromatic nitrogens is 3. The van der Waals surface area contributed by atoms with E-state index in [-0.39, 0.29) is 24.0 Å². The zero-order valence-electron chi connectivity index (χ0n) is 16.2. The number of amides is 1. The predicted molar refractivity (Wildman–Crippen MR) is 116 cm³/mol. The topological polar surface area (TPSA) is 92.8 Å². The van der Waals surface area contributed by atoms with Gasteiger partial charge in [-0.05, 0) is 30.3 Å². The van der Waals surface area contributed by atoms with E-state index in [1.54, 1.807) is 28.8 Å². The van der Waals surface area contributed by atoms with Crippen LogP contribution in [-0.2, 0) is 17.9 Å². The number of nitrogens with zero attached hydrogens (tertiary/aromatic N) is 4. The molecule has 0 aliphatic rings. The number of nitriles is 1.